The molecule has 11 nitrogen and oxygen atoms in total. The lowest BCUT2D eigenvalue weighted by atomic mass is 9.74. The summed E-state index contributed by atoms with van der Waals surface area (Å²) >= 11 is 0. The van der Waals surface area contributed by atoms with E-state index < -0.39 is 35.4 Å². The number of aryl methyl sites for hydroxylation is 2. The summed E-state index contributed by atoms with van der Waals surface area (Å²) in [4.78, 5) is 57.2. The van der Waals surface area contributed by atoms with E-state index in [-0.39, 0.29) is 17.7 Å². The summed E-state index contributed by atoms with van der Waals surface area (Å²) in [6.07, 6.45) is 6.34. The third kappa shape index (κ3) is 7.92. The van der Waals surface area contributed by atoms with Gasteiger partial charge in [-0.3, -0.25) is 29.2 Å². The number of pyridine rings is 1. The van der Waals surface area contributed by atoms with Crippen LogP contribution in [-0.2, 0) is 41.5 Å². The van der Waals surface area contributed by atoms with Gasteiger partial charge < -0.3 is 20.1 Å². The van der Waals surface area contributed by atoms with Gasteiger partial charge in [-0.2, -0.15) is 0 Å². The number of rotatable bonds is 11. The normalized spacial score (nSPS) is 19.7. The van der Waals surface area contributed by atoms with Crippen LogP contribution in [0.25, 0.3) is 10.8 Å². The fourth-order valence-corrected chi connectivity index (χ4v) is 6.00. The maximum atomic E-state index is 14.0. The number of hydrogen-bond donors (Lipinski definition) is 3. The lowest BCUT2D eigenvalue weighted by Gasteiger charge is -2.38. The maximum Gasteiger partial charge on any atom is 0.324 e. The van der Waals surface area contributed by atoms with Gasteiger partial charge in [-0.15, -0.1) is 0 Å². The molecule has 2 saturated heterocycles. The van der Waals surface area contributed by atoms with Gasteiger partial charge >= 0.3 is 5.97 Å². The predicted molar refractivity (Wildman–Crippen MR) is 166 cm³/mol. The Morgan fingerprint density at radius 1 is 1.11 bits per heavy atom. The standard InChI is InChI=1S/C33H47N5O6/c1-6-23-9-10-24-20-34-26(19-25(24)18-23)11-12-33(13-16-44-17-14-33)32(42)36-28(21(2)3)29(39)35-22(4)30(40)38-15-7-8-27(37-38)31(41)43-5/h9-10,18-22,27-28,37H,6-8,11-17H2,1-5H3,(H,35,39)(H,36,42). The molecule has 4 rings (SSSR count). The number of aromatic nitrogens is 1. The van der Waals surface area contributed by atoms with Crippen LogP contribution in [0.1, 0.15) is 71.1 Å². The Labute approximate surface area is 259 Å². The van der Waals surface area contributed by atoms with E-state index in [1.807, 2.05) is 20.0 Å². The Kier molecular flexibility index (Phi) is 11.3. The Morgan fingerprint density at radius 2 is 1.86 bits per heavy atom. The first-order chi connectivity index (χ1) is 21.1. The van der Waals surface area contributed by atoms with Crippen LogP contribution >= 0.6 is 0 Å². The second-order valence-corrected chi connectivity index (χ2v) is 12.4. The van der Waals surface area contributed by atoms with E-state index in [4.69, 9.17) is 9.47 Å². The van der Waals surface area contributed by atoms with Gasteiger partial charge in [0.1, 0.15) is 18.1 Å². The van der Waals surface area contributed by atoms with Crippen LogP contribution in [-0.4, -0.2) is 78.7 Å². The van der Waals surface area contributed by atoms with E-state index in [1.54, 1.807) is 6.92 Å². The minimum Gasteiger partial charge on any atom is -0.468 e. The van der Waals surface area contributed by atoms with Crippen LogP contribution in [0.5, 0.6) is 0 Å². The maximum absolute atomic E-state index is 14.0. The minimum atomic E-state index is -0.867. The van der Waals surface area contributed by atoms with E-state index in [2.05, 4.69) is 52.2 Å². The molecule has 2 fully saturated rings. The summed E-state index contributed by atoms with van der Waals surface area (Å²) in [7, 11) is 1.31. The summed E-state index contributed by atoms with van der Waals surface area (Å²) in [6, 6.07) is 6.19. The SMILES string of the molecule is CCc1ccc2cnc(CCC3(C(=O)NC(C(=O)NC(C)C(=O)N4CCCC(C(=O)OC)N4)C(C)C)CCOCC3)cc2c1. The lowest BCUT2D eigenvalue weighted by Crippen LogP contribution is -2.61. The van der Waals surface area contributed by atoms with Crippen molar-refractivity contribution in [1.29, 1.82) is 0 Å². The average molecular weight is 610 g/mol. The topological polar surface area (TPSA) is 139 Å². The molecular weight excluding hydrogens is 562 g/mol. The monoisotopic (exact) mass is 609 g/mol. The van der Waals surface area contributed by atoms with E-state index >= 15 is 0 Å². The summed E-state index contributed by atoms with van der Waals surface area (Å²) < 4.78 is 10.4. The molecule has 3 unspecified atom stereocenters. The molecule has 1 aromatic heterocycles. The molecule has 11 heteroatoms. The van der Waals surface area contributed by atoms with Gasteiger partial charge in [-0.05, 0) is 74.8 Å². The van der Waals surface area contributed by atoms with Gasteiger partial charge in [0, 0.05) is 37.0 Å². The largest absolute Gasteiger partial charge is 0.468 e. The number of fused-ring (bicyclic) bond motifs is 1. The van der Waals surface area contributed by atoms with Crippen LogP contribution in [0.2, 0.25) is 0 Å². The Bertz CT molecular complexity index is 1340. The summed E-state index contributed by atoms with van der Waals surface area (Å²) in [5.41, 5.74) is 4.40. The number of amides is 3. The van der Waals surface area contributed by atoms with Crippen LogP contribution in [0, 0.1) is 11.3 Å². The second kappa shape index (κ2) is 14.9. The van der Waals surface area contributed by atoms with Crippen molar-refractivity contribution in [3.8, 4) is 0 Å². The summed E-state index contributed by atoms with van der Waals surface area (Å²) in [5, 5.41) is 9.40. The van der Waals surface area contributed by atoms with Crippen LogP contribution in [0.4, 0.5) is 0 Å². The molecule has 0 aliphatic carbocycles. The molecular formula is C33H47N5O6. The number of nitrogens with one attached hydrogen (secondary N) is 3. The van der Waals surface area contributed by atoms with E-state index in [9.17, 15) is 19.2 Å². The number of nitrogens with zero attached hydrogens (tertiary/aromatic N) is 2. The first-order valence-electron chi connectivity index (χ1n) is 15.8. The minimum absolute atomic E-state index is 0.179. The van der Waals surface area contributed by atoms with Crippen molar-refractivity contribution >= 4 is 34.5 Å². The number of esters is 1. The lowest BCUT2D eigenvalue weighted by molar-refractivity contribution is -0.150. The summed E-state index contributed by atoms with van der Waals surface area (Å²) in [6.45, 7) is 8.81. The highest BCUT2D eigenvalue weighted by molar-refractivity contribution is 5.93. The molecule has 3 N–H and O–H groups in total. The Hall–Kier alpha value is -3.57. The molecule has 3 heterocycles. The molecule has 240 valence electrons. The van der Waals surface area contributed by atoms with Crippen molar-refractivity contribution in [2.75, 3.05) is 26.9 Å². The number of ether oxygens (including phenoxy) is 2. The van der Waals surface area contributed by atoms with Gasteiger partial charge in [-0.1, -0.05) is 39.0 Å². The van der Waals surface area contributed by atoms with Crippen LogP contribution < -0.4 is 16.1 Å². The predicted octanol–water partition coefficient (Wildman–Crippen LogP) is 2.84. The van der Waals surface area contributed by atoms with E-state index in [0.717, 1.165) is 22.9 Å². The zero-order chi connectivity index (χ0) is 31.9. The van der Waals surface area contributed by atoms with Gasteiger partial charge in [0.25, 0.3) is 5.91 Å². The first kappa shape index (κ1) is 33.3. The van der Waals surface area contributed by atoms with Crippen molar-refractivity contribution < 1.29 is 28.7 Å². The number of hydrogen-bond acceptors (Lipinski definition) is 8. The van der Waals surface area contributed by atoms with Crippen molar-refractivity contribution in [3.05, 3.63) is 41.7 Å². The Balaban J connectivity index is 1.42. The zero-order valence-corrected chi connectivity index (χ0v) is 26.6. The first-order valence-corrected chi connectivity index (χ1v) is 15.8. The highest BCUT2D eigenvalue weighted by Gasteiger charge is 2.42. The summed E-state index contributed by atoms with van der Waals surface area (Å²) in [5.74, 6) is -1.63. The van der Waals surface area contributed by atoms with E-state index in [1.165, 1.54) is 17.7 Å². The zero-order valence-electron chi connectivity index (χ0n) is 26.6. The third-order valence-corrected chi connectivity index (χ3v) is 8.95. The van der Waals surface area contributed by atoms with Crippen molar-refractivity contribution in [3.63, 3.8) is 0 Å². The van der Waals surface area contributed by atoms with Crippen LogP contribution in [0.15, 0.2) is 30.5 Å². The highest BCUT2D eigenvalue weighted by atomic mass is 16.5. The van der Waals surface area contributed by atoms with E-state index in [0.29, 0.717) is 58.3 Å². The average Bonchev–Trinajstić information content (AvgIpc) is 3.05. The number of methoxy groups -OCH3 is 1. The molecule has 2 aliphatic rings. The van der Waals surface area contributed by atoms with Gasteiger partial charge in [0.05, 0.1) is 12.5 Å². The quantitative estimate of drug-likeness (QED) is 0.331. The molecule has 3 atom stereocenters. The van der Waals surface area contributed by atoms with Gasteiger partial charge in [-0.25, -0.2) is 5.43 Å². The molecule has 0 bridgehead atoms. The molecule has 1 aromatic carbocycles. The fraction of sp³-hybridized carbons (Fsp3) is 0.606. The van der Waals surface area contributed by atoms with Crippen LogP contribution in [0.3, 0.4) is 0 Å². The number of carbonyl (C=O) groups is 4. The Morgan fingerprint density at radius 3 is 2.55 bits per heavy atom. The number of carbonyl (C=O) groups excluding carboxylic acids is 4. The van der Waals surface area contributed by atoms with Crippen molar-refractivity contribution in [2.45, 2.75) is 90.8 Å². The van der Waals surface area contributed by atoms with Gasteiger partial charge in [0.2, 0.25) is 11.8 Å². The molecule has 0 saturated carbocycles. The molecule has 44 heavy (non-hydrogen) atoms. The third-order valence-electron chi connectivity index (χ3n) is 8.95. The fourth-order valence-electron chi connectivity index (χ4n) is 6.00. The van der Waals surface area contributed by atoms with Crippen molar-refractivity contribution in [1.82, 2.24) is 26.1 Å². The molecule has 2 aromatic rings. The molecule has 0 radical (unpaired) electrons. The van der Waals surface area contributed by atoms with Gasteiger partial charge in [0.15, 0.2) is 0 Å². The molecule has 0 spiro atoms. The highest BCUT2D eigenvalue weighted by Crippen LogP contribution is 2.36. The molecule has 3 amide bonds. The smallest absolute Gasteiger partial charge is 0.324 e. The van der Waals surface area contributed by atoms with Crippen molar-refractivity contribution in [2.24, 2.45) is 11.3 Å². The number of hydrazine groups is 1. The molecule has 2 aliphatic heterocycles. The second-order valence-electron chi connectivity index (χ2n) is 12.4. The number of benzene rings is 1.